The normalized spacial score (nSPS) is 9.64. The van der Waals surface area contributed by atoms with Gasteiger partial charge in [0.25, 0.3) is 0 Å². The van der Waals surface area contributed by atoms with E-state index >= 15 is 0 Å². The van der Waals surface area contributed by atoms with E-state index in [1.165, 1.54) is 6.92 Å². The number of imidazole rings is 1. The van der Waals surface area contributed by atoms with E-state index in [1.54, 1.807) is 17.0 Å². The summed E-state index contributed by atoms with van der Waals surface area (Å²) in [6.45, 7) is 4.06. The number of nitrogens with zero attached hydrogens (tertiary/aromatic N) is 2. The molecule has 4 nitrogen and oxygen atoms in total. The molecule has 0 N–H and O–H groups in total. The summed E-state index contributed by atoms with van der Waals surface area (Å²) in [6.07, 6.45) is 3.36. The van der Waals surface area contributed by atoms with Gasteiger partial charge in [0, 0.05) is 25.9 Å². The van der Waals surface area contributed by atoms with Gasteiger partial charge in [-0.25, -0.2) is 4.98 Å². The Morgan fingerprint density at radius 2 is 2.55 bits per heavy atom. The molecule has 0 spiro atoms. The second-order valence-electron chi connectivity index (χ2n) is 2.09. The first kappa shape index (κ1) is 7.78. The fraction of sp³-hybridized carbons (Fsp3) is 0.429. The lowest BCUT2D eigenvalue weighted by Gasteiger charge is -2.01. The fourth-order valence-corrected chi connectivity index (χ4v) is 0.770. The van der Waals surface area contributed by atoms with Gasteiger partial charge in [-0.3, -0.25) is 4.79 Å². The molecule has 0 aliphatic heterocycles. The lowest BCUT2D eigenvalue weighted by molar-refractivity contribution is -0.132. The Bertz CT molecular complexity index is 255. The van der Waals surface area contributed by atoms with Gasteiger partial charge in [0.1, 0.15) is 0 Å². The first-order valence-electron chi connectivity index (χ1n) is 3.43. The molecule has 0 amide bonds. The smallest absolute Gasteiger partial charge is 0.310 e. The quantitative estimate of drug-likeness (QED) is 0.592. The van der Waals surface area contributed by atoms with Crippen LogP contribution in [0.3, 0.4) is 0 Å². The highest BCUT2D eigenvalue weighted by Crippen LogP contribution is 2.06. The van der Waals surface area contributed by atoms with Crippen LogP contribution in [0.25, 0.3) is 0 Å². The van der Waals surface area contributed by atoms with Crippen LogP contribution in [0.5, 0.6) is 6.01 Å². The maximum atomic E-state index is 10.5. The third-order valence-electron chi connectivity index (χ3n) is 1.25. The predicted molar refractivity (Wildman–Crippen MR) is 39.2 cm³/mol. The van der Waals surface area contributed by atoms with E-state index in [4.69, 9.17) is 4.74 Å². The van der Waals surface area contributed by atoms with Crippen molar-refractivity contribution in [3.63, 3.8) is 0 Å². The molecular formula is C7H10N2O2. The highest BCUT2D eigenvalue weighted by molar-refractivity contribution is 5.68. The molecular weight excluding hydrogens is 144 g/mol. The summed E-state index contributed by atoms with van der Waals surface area (Å²) in [6, 6.07) is 0.361. The number of carbonyl (C=O) groups is 1. The Hall–Kier alpha value is -1.32. The molecule has 0 saturated heterocycles. The van der Waals surface area contributed by atoms with Gasteiger partial charge in [0.05, 0.1) is 0 Å². The van der Waals surface area contributed by atoms with Crippen molar-refractivity contribution in [2.45, 2.75) is 20.4 Å². The first-order valence-corrected chi connectivity index (χ1v) is 3.43. The minimum Gasteiger partial charge on any atom is -0.392 e. The van der Waals surface area contributed by atoms with Crippen molar-refractivity contribution in [3.05, 3.63) is 12.4 Å². The van der Waals surface area contributed by atoms with Crippen molar-refractivity contribution >= 4 is 5.97 Å². The standard InChI is InChI=1S/C7H10N2O2/c1-3-9-5-4-8-7(9)11-6(2)10/h4-5H,3H2,1-2H3. The highest BCUT2D eigenvalue weighted by atomic mass is 16.5. The van der Waals surface area contributed by atoms with Crippen molar-refractivity contribution < 1.29 is 9.53 Å². The number of rotatable bonds is 2. The topological polar surface area (TPSA) is 44.1 Å². The zero-order chi connectivity index (χ0) is 8.27. The van der Waals surface area contributed by atoms with E-state index in [2.05, 4.69) is 4.98 Å². The number of hydrogen-bond donors (Lipinski definition) is 0. The molecule has 4 heteroatoms. The van der Waals surface area contributed by atoms with Crippen molar-refractivity contribution in [1.82, 2.24) is 9.55 Å². The molecule has 0 saturated carbocycles. The molecule has 11 heavy (non-hydrogen) atoms. The third kappa shape index (κ3) is 1.80. The van der Waals surface area contributed by atoms with Gasteiger partial charge in [-0.05, 0) is 6.92 Å². The second kappa shape index (κ2) is 3.18. The molecule has 1 heterocycles. The monoisotopic (exact) mass is 154 g/mol. The molecule has 0 aliphatic carbocycles. The van der Waals surface area contributed by atoms with Crippen LogP contribution < -0.4 is 4.74 Å². The number of carbonyl (C=O) groups excluding carboxylic acids is 1. The molecule has 0 bridgehead atoms. The molecule has 0 radical (unpaired) electrons. The minimum atomic E-state index is -0.342. The molecule has 0 atom stereocenters. The van der Waals surface area contributed by atoms with E-state index in [1.807, 2.05) is 6.92 Å². The Balaban J connectivity index is 2.76. The van der Waals surface area contributed by atoms with E-state index < -0.39 is 0 Å². The Labute approximate surface area is 64.8 Å². The van der Waals surface area contributed by atoms with E-state index in [0.29, 0.717) is 6.01 Å². The molecule has 0 fully saturated rings. The summed E-state index contributed by atoms with van der Waals surface area (Å²) in [7, 11) is 0. The second-order valence-corrected chi connectivity index (χ2v) is 2.09. The lowest BCUT2D eigenvalue weighted by Crippen LogP contribution is -2.07. The summed E-state index contributed by atoms with van der Waals surface area (Å²) in [4.78, 5) is 14.4. The van der Waals surface area contributed by atoms with Gasteiger partial charge >= 0.3 is 12.0 Å². The first-order chi connectivity index (χ1) is 5.24. The highest BCUT2D eigenvalue weighted by Gasteiger charge is 2.03. The van der Waals surface area contributed by atoms with Gasteiger partial charge < -0.3 is 9.30 Å². The van der Waals surface area contributed by atoms with Gasteiger partial charge in [-0.2, -0.15) is 0 Å². The Morgan fingerprint density at radius 3 is 3.09 bits per heavy atom. The zero-order valence-electron chi connectivity index (χ0n) is 6.57. The van der Waals surface area contributed by atoms with E-state index in [0.717, 1.165) is 6.54 Å². The van der Waals surface area contributed by atoms with Crippen molar-refractivity contribution in [2.75, 3.05) is 0 Å². The predicted octanol–water partition coefficient (Wildman–Crippen LogP) is 0.828. The average Bonchev–Trinajstić information content (AvgIpc) is 2.34. The molecule has 60 valence electrons. The van der Waals surface area contributed by atoms with Gasteiger partial charge in [0.2, 0.25) is 0 Å². The number of aryl methyl sites for hydroxylation is 1. The van der Waals surface area contributed by atoms with Crippen LogP contribution in [0.4, 0.5) is 0 Å². The molecule has 0 aliphatic rings. The van der Waals surface area contributed by atoms with Crippen LogP contribution in [0, 0.1) is 0 Å². The average molecular weight is 154 g/mol. The van der Waals surface area contributed by atoms with Gasteiger partial charge in [0.15, 0.2) is 0 Å². The molecule has 1 aromatic heterocycles. The summed E-state index contributed by atoms with van der Waals surface area (Å²) in [5.41, 5.74) is 0. The Kier molecular flexibility index (Phi) is 2.25. The molecule has 0 aromatic carbocycles. The summed E-state index contributed by atoms with van der Waals surface area (Å²) >= 11 is 0. The largest absolute Gasteiger partial charge is 0.392 e. The van der Waals surface area contributed by atoms with Crippen LogP contribution >= 0.6 is 0 Å². The van der Waals surface area contributed by atoms with Gasteiger partial charge in [-0.15, -0.1) is 0 Å². The van der Waals surface area contributed by atoms with E-state index in [-0.39, 0.29) is 5.97 Å². The van der Waals surface area contributed by atoms with Crippen molar-refractivity contribution in [3.8, 4) is 6.01 Å². The van der Waals surface area contributed by atoms with Crippen molar-refractivity contribution in [1.29, 1.82) is 0 Å². The lowest BCUT2D eigenvalue weighted by atomic mass is 10.7. The fourth-order valence-electron chi connectivity index (χ4n) is 0.770. The number of aromatic nitrogens is 2. The maximum Gasteiger partial charge on any atom is 0.310 e. The Morgan fingerprint density at radius 1 is 1.82 bits per heavy atom. The SMILES string of the molecule is CCn1ccnc1OC(C)=O. The summed E-state index contributed by atoms with van der Waals surface area (Å²) in [5, 5.41) is 0. The maximum absolute atomic E-state index is 10.5. The van der Waals surface area contributed by atoms with Gasteiger partial charge in [-0.1, -0.05) is 0 Å². The summed E-state index contributed by atoms with van der Waals surface area (Å²) < 4.78 is 6.54. The number of esters is 1. The minimum absolute atomic E-state index is 0.342. The molecule has 1 rings (SSSR count). The number of ether oxygens (including phenoxy) is 1. The zero-order valence-corrected chi connectivity index (χ0v) is 6.57. The van der Waals surface area contributed by atoms with Crippen LogP contribution in [-0.2, 0) is 11.3 Å². The van der Waals surface area contributed by atoms with Crippen molar-refractivity contribution in [2.24, 2.45) is 0 Å². The van der Waals surface area contributed by atoms with Crippen LogP contribution in [0.1, 0.15) is 13.8 Å². The molecule has 0 unspecified atom stereocenters. The van der Waals surface area contributed by atoms with Crippen LogP contribution in [-0.4, -0.2) is 15.5 Å². The third-order valence-corrected chi connectivity index (χ3v) is 1.25. The number of hydrogen-bond acceptors (Lipinski definition) is 3. The van der Waals surface area contributed by atoms with Crippen LogP contribution in [0.15, 0.2) is 12.4 Å². The summed E-state index contributed by atoms with van der Waals surface area (Å²) in [5.74, 6) is -0.342. The molecule has 1 aromatic rings. The van der Waals surface area contributed by atoms with Crippen LogP contribution in [0.2, 0.25) is 0 Å². The van der Waals surface area contributed by atoms with E-state index in [9.17, 15) is 4.79 Å².